The van der Waals surface area contributed by atoms with Gasteiger partial charge in [-0.1, -0.05) is 25.0 Å². The highest BCUT2D eigenvalue weighted by Crippen LogP contribution is 2.12. The molecule has 0 aromatic heterocycles. The van der Waals surface area contributed by atoms with E-state index in [-0.39, 0.29) is 12.1 Å². The maximum absolute atomic E-state index is 11.4. The van der Waals surface area contributed by atoms with Gasteiger partial charge in [0.15, 0.2) is 0 Å². The summed E-state index contributed by atoms with van der Waals surface area (Å²) in [5, 5.41) is 0. The van der Waals surface area contributed by atoms with Gasteiger partial charge >= 0.3 is 5.97 Å². The molecular formula is C14H24O2. The van der Waals surface area contributed by atoms with E-state index in [1.165, 1.54) is 32.1 Å². The quantitative estimate of drug-likeness (QED) is 0.459. The standard InChI is InChI=1S/C14H24O2/c1-13-11-9-7-5-3-2-4-6-8-10-12-14(15)16-13/h4,6,13H,2-3,5,7-12H2,1H3/t13-/m0/s1. The van der Waals surface area contributed by atoms with E-state index in [1.807, 2.05) is 6.92 Å². The summed E-state index contributed by atoms with van der Waals surface area (Å²) in [5.41, 5.74) is 0. The second-order valence-corrected chi connectivity index (χ2v) is 4.66. The fourth-order valence-corrected chi connectivity index (χ4v) is 1.99. The second kappa shape index (κ2) is 8.37. The van der Waals surface area contributed by atoms with E-state index in [4.69, 9.17) is 4.74 Å². The molecule has 0 aromatic carbocycles. The zero-order valence-corrected chi connectivity index (χ0v) is 10.4. The number of cyclic esters (lactones) is 1. The van der Waals surface area contributed by atoms with Crippen molar-refractivity contribution in [2.24, 2.45) is 0 Å². The van der Waals surface area contributed by atoms with Gasteiger partial charge < -0.3 is 4.74 Å². The lowest BCUT2D eigenvalue weighted by atomic mass is 10.1. The lowest BCUT2D eigenvalue weighted by molar-refractivity contribution is -0.148. The molecule has 0 amide bonds. The van der Waals surface area contributed by atoms with E-state index in [2.05, 4.69) is 12.2 Å². The summed E-state index contributed by atoms with van der Waals surface area (Å²) >= 11 is 0. The molecule has 0 saturated heterocycles. The zero-order chi connectivity index (χ0) is 11.6. The number of carbonyl (C=O) groups excluding carboxylic acids is 1. The first-order valence-electron chi connectivity index (χ1n) is 6.63. The van der Waals surface area contributed by atoms with Gasteiger partial charge in [0.1, 0.15) is 0 Å². The Labute approximate surface area is 99.1 Å². The molecule has 0 aliphatic carbocycles. The summed E-state index contributed by atoms with van der Waals surface area (Å²) in [6.07, 6.45) is 14.3. The molecule has 0 bridgehead atoms. The number of allylic oxidation sites excluding steroid dienone is 2. The van der Waals surface area contributed by atoms with Crippen molar-refractivity contribution in [1.82, 2.24) is 0 Å². The smallest absolute Gasteiger partial charge is 0.306 e. The molecular weight excluding hydrogens is 200 g/mol. The van der Waals surface area contributed by atoms with Gasteiger partial charge in [-0.3, -0.25) is 4.79 Å². The fourth-order valence-electron chi connectivity index (χ4n) is 1.99. The first kappa shape index (κ1) is 13.3. The van der Waals surface area contributed by atoms with Gasteiger partial charge in [-0.25, -0.2) is 0 Å². The van der Waals surface area contributed by atoms with Gasteiger partial charge in [0.25, 0.3) is 0 Å². The third-order valence-corrected chi connectivity index (χ3v) is 2.98. The van der Waals surface area contributed by atoms with Gasteiger partial charge in [0.05, 0.1) is 6.10 Å². The van der Waals surface area contributed by atoms with Gasteiger partial charge in [-0.15, -0.1) is 0 Å². The molecule has 0 radical (unpaired) electrons. The predicted octanol–water partition coefficient (Wildman–Crippen LogP) is 4.00. The molecule has 2 heteroatoms. The summed E-state index contributed by atoms with van der Waals surface area (Å²) in [4.78, 5) is 11.4. The van der Waals surface area contributed by atoms with E-state index in [9.17, 15) is 4.79 Å². The van der Waals surface area contributed by atoms with Crippen LogP contribution >= 0.6 is 0 Å². The molecule has 0 fully saturated rings. The van der Waals surface area contributed by atoms with Crippen LogP contribution in [-0.4, -0.2) is 12.1 Å². The Morgan fingerprint density at radius 2 is 1.75 bits per heavy atom. The van der Waals surface area contributed by atoms with E-state index in [1.54, 1.807) is 0 Å². The van der Waals surface area contributed by atoms with Crippen LogP contribution < -0.4 is 0 Å². The maximum Gasteiger partial charge on any atom is 0.306 e. The Kier molecular flexibility index (Phi) is 6.95. The summed E-state index contributed by atoms with van der Waals surface area (Å²) in [6, 6.07) is 0. The highest BCUT2D eigenvalue weighted by Gasteiger charge is 2.08. The predicted molar refractivity (Wildman–Crippen MR) is 66.2 cm³/mol. The molecule has 0 spiro atoms. The van der Waals surface area contributed by atoms with Crippen molar-refractivity contribution in [3.05, 3.63) is 12.2 Å². The van der Waals surface area contributed by atoms with Gasteiger partial charge in [0.2, 0.25) is 0 Å². The monoisotopic (exact) mass is 224 g/mol. The average Bonchev–Trinajstić information content (AvgIpc) is 2.25. The average molecular weight is 224 g/mol. The lowest BCUT2D eigenvalue weighted by Gasteiger charge is -2.13. The molecule has 16 heavy (non-hydrogen) atoms. The van der Waals surface area contributed by atoms with Crippen molar-refractivity contribution in [3.8, 4) is 0 Å². The Morgan fingerprint density at radius 3 is 2.56 bits per heavy atom. The Hall–Kier alpha value is -0.790. The Morgan fingerprint density at radius 1 is 1.06 bits per heavy atom. The van der Waals surface area contributed by atoms with Crippen molar-refractivity contribution in [1.29, 1.82) is 0 Å². The number of carbonyl (C=O) groups is 1. The van der Waals surface area contributed by atoms with Crippen molar-refractivity contribution in [2.75, 3.05) is 0 Å². The number of hydrogen-bond donors (Lipinski definition) is 0. The minimum absolute atomic E-state index is 0.0297. The van der Waals surface area contributed by atoms with Gasteiger partial charge in [-0.05, 0) is 45.4 Å². The number of esters is 1. The van der Waals surface area contributed by atoms with Crippen LogP contribution in [-0.2, 0) is 9.53 Å². The van der Waals surface area contributed by atoms with Crippen LogP contribution in [0, 0.1) is 0 Å². The summed E-state index contributed by atoms with van der Waals surface area (Å²) < 4.78 is 5.33. The topological polar surface area (TPSA) is 26.3 Å². The van der Waals surface area contributed by atoms with E-state index >= 15 is 0 Å². The molecule has 0 unspecified atom stereocenters. The van der Waals surface area contributed by atoms with Crippen molar-refractivity contribution in [2.45, 2.75) is 70.8 Å². The molecule has 0 aromatic rings. The summed E-state index contributed by atoms with van der Waals surface area (Å²) in [5.74, 6) is -0.0297. The van der Waals surface area contributed by atoms with Crippen LogP contribution in [0.5, 0.6) is 0 Å². The largest absolute Gasteiger partial charge is 0.463 e. The van der Waals surface area contributed by atoms with Crippen molar-refractivity contribution >= 4 is 5.97 Å². The van der Waals surface area contributed by atoms with Crippen LogP contribution in [0.25, 0.3) is 0 Å². The zero-order valence-electron chi connectivity index (χ0n) is 10.4. The van der Waals surface area contributed by atoms with Crippen molar-refractivity contribution in [3.63, 3.8) is 0 Å². The number of hydrogen-bond acceptors (Lipinski definition) is 2. The highest BCUT2D eigenvalue weighted by atomic mass is 16.5. The van der Waals surface area contributed by atoms with Crippen LogP contribution in [0.1, 0.15) is 64.7 Å². The number of ether oxygens (including phenoxy) is 1. The maximum atomic E-state index is 11.4. The molecule has 2 nitrogen and oxygen atoms in total. The van der Waals surface area contributed by atoms with E-state index in [0.717, 1.165) is 19.3 Å². The van der Waals surface area contributed by atoms with E-state index in [0.29, 0.717) is 6.42 Å². The highest BCUT2D eigenvalue weighted by molar-refractivity contribution is 5.69. The van der Waals surface area contributed by atoms with Crippen LogP contribution in [0.2, 0.25) is 0 Å². The van der Waals surface area contributed by atoms with E-state index < -0.39 is 0 Å². The number of rotatable bonds is 0. The van der Waals surface area contributed by atoms with Crippen LogP contribution in [0.15, 0.2) is 12.2 Å². The lowest BCUT2D eigenvalue weighted by Crippen LogP contribution is -2.14. The SMILES string of the molecule is C[C@H]1CCCCCCC=CCCCC(=O)O1. The first-order valence-corrected chi connectivity index (χ1v) is 6.63. The second-order valence-electron chi connectivity index (χ2n) is 4.66. The third-order valence-electron chi connectivity index (χ3n) is 2.98. The molecule has 0 saturated carbocycles. The minimum Gasteiger partial charge on any atom is -0.463 e. The molecule has 92 valence electrons. The molecule has 1 atom stereocenters. The molecule has 1 heterocycles. The van der Waals surface area contributed by atoms with Gasteiger partial charge in [-0.2, -0.15) is 0 Å². The van der Waals surface area contributed by atoms with Crippen molar-refractivity contribution < 1.29 is 9.53 Å². The Bertz CT molecular complexity index is 221. The first-order chi connectivity index (χ1) is 7.79. The molecule has 1 aliphatic rings. The summed E-state index contributed by atoms with van der Waals surface area (Å²) in [6.45, 7) is 2.00. The molecule has 1 aliphatic heterocycles. The molecule has 0 N–H and O–H groups in total. The third kappa shape index (κ3) is 6.65. The fraction of sp³-hybridized carbons (Fsp3) is 0.786. The van der Waals surface area contributed by atoms with Crippen LogP contribution in [0.4, 0.5) is 0 Å². The van der Waals surface area contributed by atoms with Crippen LogP contribution in [0.3, 0.4) is 0 Å². The minimum atomic E-state index is -0.0297. The molecule has 1 rings (SSSR count). The summed E-state index contributed by atoms with van der Waals surface area (Å²) in [7, 11) is 0. The Balaban J connectivity index is 2.31. The van der Waals surface area contributed by atoms with Gasteiger partial charge in [0, 0.05) is 6.42 Å². The normalized spacial score (nSPS) is 25.8.